The third-order valence-corrected chi connectivity index (χ3v) is 7.67. The Morgan fingerprint density at radius 1 is 1.24 bits per heavy atom. The van der Waals surface area contributed by atoms with E-state index in [0.717, 1.165) is 19.3 Å². The Kier molecular flexibility index (Phi) is 5.41. The van der Waals surface area contributed by atoms with Gasteiger partial charge in [-0.25, -0.2) is 4.39 Å². The van der Waals surface area contributed by atoms with Crippen molar-refractivity contribution in [2.75, 3.05) is 6.61 Å². The summed E-state index contributed by atoms with van der Waals surface area (Å²) in [5, 5.41) is 14.1. The van der Waals surface area contributed by atoms with Gasteiger partial charge in [0.1, 0.15) is 17.3 Å². The topological polar surface area (TPSA) is 84.9 Å². The van der Waals surface area contributed by atoms with Crippen molar-refractivity contribution in [2.45, 2.75) is 63.2 Å². The molecule has 0 radical (unpaired) electrons. The fraction of sp³-hybridized carbons (Fsp3) is 0.462. The molecule has 1 amide bonds. The summed E-state index contributed by atoms with van der Waals surface area (Å²) < 4.78 is 25.1. The van der Waals surface area contributed by atoms with Crippen LogP contribution in [0.2, 0.25) is 5.02 Å². The second-order valence-electron chi connectivity index (χ2n) is 10.4. The van der Waals surface area contributed by atoms with Crippen LogP contribution in [0, 0.1) is 18.2 Å². The lowest BCUT2D eigenvalue weighted by molar-refractivity contribution is -0.179. The summed E-state index contributed by atoms with van der Waals surface area (Å²) in [5.74, 6) is 0.107. The van der Waals surface area contributed by atoms with Crippen LogP contribution >= 0.6 is 11.6 Å². The summed E-state index contributed by atoms with van der Waals surface area (Å²) in [4.78, 5) is 25.6. The summed E-state index contributed by atoms with van der Waals surface area (Å²) in [6, 6.07) is 9.53. The fourth-order valence-corrected chi connectivity index (χ4v) is 5.98. The van der Waals surface area contributed by atoms with Gasteiger partial charge in [0.15, 0.2) is 18.0 Å². The number of hydrogen-bond donors (Lipinski definition) is 2. The zero-order chi connectivity index (χ0) is 24.3. The Morgan fingerprint density at radius 3 is 2.68 bits per heavy atom. The van der Waals surface area contributed by atoms with Crippen LogP contribution in [0.15, 0.2) is 36.4 Å². The van der Waals surface area contributed by atoms with E-state index in [1.54, 1.807) is 44.2 Å². The quantitative estimate of drug-likeness (QED) is 0.603. The van der Waals surface area contributed by atoms with E-state index in [9.17, 15) is 19.1 Å². The first-order valence-corrected chi connectivity index (χ1v) is 11.8. The van der Waals surface area contributed by atoms with Gasteiger partial charge in [0.2, 0.25) is 0 Å². The zero-order valence-electron chi connectivity index (χ0n) is 19.1. The molecule has 0 aromatic heterocycles. The van der Waals surface area contributed by atoms with E-state index in [1.165, 1.54) is 6.07 Å². The molecule has 4 aliphatic rings. The maximum Gasteiger partial charge on any atom is 0.258 e. The number of aliphatic hydroxyl groups excluding tert-OH is 1. The highest BCUT2D eigenvalue weighted by Crippen LogP contribution is 2.69. The van der Waals surface area contributed by atoms with Crippen molar-refractivity contribution in [2.24, 2.45) is 5.41 Å². The third kappa shape index (κ3) is 4.05. The second kappa shape index (κ2) is 7.95. The minimum atomic E-state index is -1.11. The molecule has 6 nitrogen and oxygen atoms in total. The minimum Gasteiger partial charge on any atom is -0.484 e. The van der Waals surface area contributed by atoms with Gasteiger partial charge in [-0.2, -0.15) is 0 Å². The predicted octanol–water partition coefficient (Wildman–Crippen LogP) is 4.44. The molecule has 34 heavy (non-hydrogen) atoms. The number of hydrogen-bond acceptors (Lipinski definition) is 5. The van der Waals surface area contributed by atoms with Gasteiger partial charge in [-0.3, -0.25) is 9.59 Å². The first-order chi connectivity index (χ1) is 16.0. The van der Waals surface area contributed by atoms with E-state index in [4.69, 9.17) is 21.1 Å². The van der Waals surface area contributed by atoms with E-state index < -0.39 is 11.7 Å². The van der Waals surface area contributed by atoms with Gasteiger partial charge >= 0.3 is 0 Å². The minimum absolute atomic E-state index is 0.0449. The van der Waals surface area contributed by atoms with Crippen LogP contribution in [0.3, 0.4) is 0 Å². The number of halogens is 2. The van der Waals surface area contributed by atoms with Crippen molar-refractivity contribution < 1.29 is 28.6 Å². The number of carbonyl (C=O) groups is 2. The number of ether oxygens (including phenoxy) is 2. The molecule has 3 aliphatic carbocycles. The van der Waals surface area contributed by atoms with Gasteiger partial charge in [-0.1, -0.05) is 17.7 Å². The number of Topliss-reactive ketones (excluding diaryl/α,β-unsaturated/α-hetero) is 1. The number of ketones is 1. The molecular formula is C26H27ClFNO5. The molecule has 3 saturated carbocycles. The Morgan fingerprint density at radius 2 is 1.97 bits per heavy atom. The molecule has 0 spiro atoms. The molecule has 6 rings (SSSR count). The largest absolute Gasteiger partial charge is 0.484 e. The molecule has 2 atom stereocenters. The van der Waals surface area contributed by atoms with Crippen LogP contribution in [0.1, 0.15) is 56.3 Å². The predicted molar refractivity (Wildman–Crippen MR) is 123 cm³/mol. The van der Waals surface area contributed by atoms with E-state index in [1.807, 2.05) is 0 Å². The first-order valence-electron chi connectivity index (χ1n) is 11.4. The molecular weight excluding hydrogens is 461 g/mol. The van der Waals surface area contributed by atoms with Gasteiger partial charge in [0.05, 0.1) is 6.10 Å². The lowest BCUT2D eigenvalue weighted by Crippen LogP contribution is -2.75. The van der Waals surface area contributed by atoms with Gasteiger partial charge in [-0.05, 0) is 68.4 Å². The van der Waals surface area contributed by atoms with Gasteiger partial charge in [-0.15, -0.1) is 0 Å². The Bertz CT molecular complexity index is 1160. The summed E-state index contributed by atoms with van der Waals surface area (Å²) in [5.41, 5.74) is -0.426. The molecule has 3 fully saturated rings. The van der Waals surface area contributed by atoms with E-state index >= 15 is 0 Å². The summed E-state index contributed by atoms with van der Waals surface area (Å²) in [6.07, 6.45) is 1.87. The smallest absolute Gasteiger partial charge is 0.258 e. The molecule has 0 unspecified atom stereocenters. The van der Waals surface area contributed by atoms with Gasteiger partial charge < -0.3 is 19.9 Å². The highest BCUT2D eigenvalue weighted by molar-refractivity contribution is 6.30. The average molecular weight is 488 g/mol. The monoisotopic (exact) mass is 487 g/mol. The molecule has 0 saturated heterocycles. The molecule has 1 heterocycles. The standard InChI is InChI=1S/C26H27ClFNO5/c1-15-3-5-17(8-19(15)28)33-11-23(32)29-26-12-25(13-26,14-26)10-22(31)24(2)9-20(30)18-7-16(27)4-6-21(18)34-24/h3-8,20,30H,9-14H2,1-2H3,(H,29,32)/t20-,24-,25?,26?/m1/s1. The molecule has 8 heteroatoms. The number of benzene rings is 2. The highest BCUT2D eigenvalue weighted by atomic mass is 35.5. The molecule has 2 aromatic rings. The van der Waals surface area contributed by atoms with E-state index in [0.29, 0.717) is 34.1 Å². The van der Waals surface area contributed by atoms with Crippen LogP contribution in [-0.4, -0.2) is 34.5 Å². The number of aliphatic hydroxyl groups is 1. The number of fused-ring (bicyclic) bond motifs is 1. The molecule has 2 bridgehead atoms. The van der Waals surface area contributed by atoms with Crippen LogP contribution in [0.5, 0.6) is 11.5 Å². The molecule has 2 N–H and O–H groups in total. The van der Waals surface area contributed by atoms with E-state index in [-0.39, 0.29) is 41.5 Å². The van der Waals surface area contributed by atoms with Crippen molar-refractivity contribution in [1.29, 1.82) is 0 Å². The van der Waals surface area contributed by atoms with Crippen molar-refractivity contribution in [3.8, 4) is 11.5 Å². The molecule has 180 valence electrons. The Labute approximate surface area is 202 Å². The maximum absolute atomic E-state index is 13.6. The lowest BCUT2D eigenvalue weighted by Gasteiger charge is -2.71. The number of amides is 1. The van der Waals surface area contributed by atoms with Gasteiger partial charge in [0, 0.05) is 35.0 Å². The molecule has 1 aliphatic heterocycles. The normalized spacial score (nSPS) is 30.8. The Balaban J connectivity index is 1.13. The number of carbonyl (C=O) groups excluding carboxylic acids is 2. The highest BCUT2D eigenvalue weighted by Gasteiger charge is 2.69. The number of aryl methyl sites for hydroxylation is 1. The fourth-order valence-electron chi connectivity index (χ4n) is 5.80. The van der Waals surface area contributed by atoms with Crippen LogP contribution < -0.4 is 14.8 Å². The maximum atomic E-state index is 13.6. The number of rotatable bonds is 7. The van der Waals surface area contributed by atoms with E-state index in [2.05, 4.69) is 5.32 Å². The average Bonchev–Trinajstić information content (AvgIpc) is 2.72. The number of nitrogens with one attached hydrogen (secondary N) is 1. The van der Waals surface area contributed by atoms with Crippen molar-refractivity contribution in [3.05, 3.63) is 58.4 Å². The van der Waals surface area contributed by atoms with Crippen molar-refractivity contribution in [1.82, 2.24) is 5.32 Å². The Hall–Kier alpha value is -2.64. The van der Waals surface area contributed by atoms with Crippen molar-refractivity contribution >= 4 is 23.3 Å². The summed E-state index contributed by atoms with van der Waals surface area (Å²) in [6.45, 7) is 3.20. The third-order valence-electron chi connectivity index (χ3n) is 7.43. The second-order valence-corrected chi connectivity index (χ2v) is 10.8. The molecule has 2 aromatic carbocycles. The zero-order valence-corrected chi connectivity index (χ0v) is 19.9. The van der Waals surface area contributed by atoms with Crippen molar-refractivity contribution in [3.63, 3.8) is 0 Å². The first kappa shape index (κ1) is 23.1. The van der Waals surface area contributed by atoms with Crippen LogP contribution in [-0.2, 0) is 9.59 Å². The summed E-state index contributed by atoms with van der Waals surface area (Å²) in [7, 11) is 0. The SMILES string of the molecule is Cc1ccc(OCC(=O)NC23CC(CC(=O)[C@@]4(C)C[C@@H](O)c5cc(Cl)ccc5O4)(C2)C3)cc1F. The summed E-state index contributed by atoms with van der Waals surface area (Å²) >= 11 is 6.02. The lowest BCUT2D eigenvalue weighted by atomic mass is 9.38. The van der Waals surface area contributed by atoms with Gasteiger partial charge in [0.25, 0.3) is 5.91 Å². The van der Waals surface area contributed by atoms with Crippen LogP contribution in [0.25, 0.3) is 0 Å². The van der Waals surface area contributed by atoms with Crippen LogP contribution in [0.4, 0.5) is 4.39 Å².